The number of halogens is 1. The Bertz CT molecular complexity index is 350. The lowest BCUT2D eigenvalue weighted by atomic mass is 9.79. The van der Waals surface area contributed by atoms with Gasteiger partial charge in [0.25, 0.3) is 0 Å². The van der Waals surface area contributed by atoms with E-state index in [0.717, 1.165) is 11.8 Å². The SMILES string of the molecule is ClC(c1ccc(C2CCCCC2)cc1)C1CCC1. The first-order chi connectivity index (χ1) is 8.84. The van der Waals surface area contributed by atoms with Crippen LogP contribution in [0.25, 0.3) is 0 Å². The molecule has 1 aromatic carbocycles. The van der Waals surface area contributed by atoms with E-state index in [-0.39, 0.29) is 5.38 Å². The number of alkyl halides is 1. The fraction of sp³-hybridized carbons (Fsp3) is 0.647. The zero-order valence-corrected chi connectivity index (χ0v) is 11.8. The van der Waals surface area contributed by atoms with Gasteiger partial charge in [-0.15, -0.1) is 11.6 Å². The van der Waals surface area contributed by atoms with Crippen molar-refractivity contribution in [3.63, 3.8) is 0 Å². The first kappa shape index (κ1) is 12.5. The largest absolute Gasteiger partial charge is 0.118 e. The van der Waals surface area contributed by atoms with E-state index in [1.807, 2.05) is 0 Å². The van der Waals surface area contributed by atoms with Crippen LogP contribution in [-0.2, 0) is 0 Å². The first-order valence-electron chi connectivity index (χ1n) is 7.58. The van der Waals surface area contributed by atoms with Crippen LogP contribution in [0.4, 0.5) is 0 Å². The van der Waals surface area contributed by atoms with Gasteiger partial charge in [0.1, 0.15) is 0 Å². The number of rotatable bonds is 3. The Labute approximate surface area is 116 Å². The molecule has 0 heterocycles. The smallest absolute Gasteiger partial charge is 0.0613 e. The van der Waals surface area contributed by atoms with Gasteiger partial charge >= 0.3 is 0 Å². The van der Waals surface area contributed by atoms with Crippen LogP contribution in [0.5, 0.6) is 0 Å². The highest BCUT2D eigenvalue weighted by Crippen LogP contribution is 2.42. The molecule has 98 valence electrons. The van der Waals surface area contributed by atoms with Crippen molar-refractivity contribution < 1.29 is 0 Å². The van der Waals surface area contributed by atoms with Crippen molar-refractivity contribution in [1.82, 2.24) is 0 Å². The molecule has 18 heavy (non-hydrogen) atoms. The molecule has 0 aromatic heterocycles. The molecular weight excluding hydrogens is 240 g/mol. The minimum atomic E-state index is 0.249. The van der Waals surface area contributed by atoms with Crippen LogP contribution >= 0.6 is 11.6 Å². The molecule has 2 fully saturated rings. The fourth-order valence-corrected chi connectivity index (χ4v) is 3.79. The average Bonchev–Trinajstić information content (AvgIpc) is 2.38. The maximum atomic E-state index is 6.55. The van der Waals surface area contributed by atoms with Crippen molar-refractivity contribution in [3.05, 3.63) is 35.4 Å². The third-order valence-electron chi connectivity index (χ3n) is 4.90. The lowest BCUT2D eigenvalue weighted by molar-refractivity contribution is 0.305. The van der Waals surface area contributed by atoms with E-state index in [4.69, 9.17) is 11.6 Å². The molecule has 0 N–H and O–H groups in total. The summed E-state index contributed by atoms with van der Waals surface area (Å²) in [6, 6.07) is 9.22. The molecule has 0 nitrogen and oxygen atoms in total. The number of hydrogen-bond donors (Lipinski definition) is 0. The summed E-state index contributed by atoms with van der Waals surface area (Å²) >= 11 is 6.55. The van der Waals surface area contributed by atoms with Crippen LogP contribution in [0.3, 0.4) is 0 Å². The van der Waals surface area contributed by atoms with Gasteiger partial charge in [-0.1, -0.05) is 49.9 Å². The summed E-state index contributed by atoms with van der Waals surface area (Å²) in [6.45, 7) is 0. The molecule has 1 aromatic rings. The van der Waals surface area contributed by atoms with Crippen molar-refractivity contribution in [1.29, 1.82) is 0 Å². The summed E-state index contributed by atoms with van der Waals surface area (Å²) in [6.07, 6.45) is 11.0. The van der Waals surface area contributed by atoms with E-state index < -0.39 is 0 Å². The van der Waals surface area contributed by atoms with E-state index in [9.17, 15) is 0 Å². The van der Waals surface area contributed by atoms with Gasteiger partial charge in [0.15, 0.2) is 0 Å². The number of benzene rings is 1. The summed E-state index contributed by atoms with van der Waals surface area (Å²) in [4.78, 5) is 0. The molecule has 0 saturated heterocycles. The van der Waals surface area contributed by atoms with Gasteiger partial charge in [0, 0.05) is 0 Å². The summed E-state index contributed by atoms with van der Waals surface area (Å²) < 4.78 is 0. The first-order valence-corrected chi connectivity index (χ1v) is 8.02. The van der Waals surface area contributed by atoms with Crippen LogP contribution in [0.1, 0.15) is 73.8 Å². The highest BCUT2D eigenvalue weighted by molar-refractivity contribution is 6.21. The second-order valence-electron chi connectivity index (χ2n) is 6.09. The lowest BCUT2D eigenvalue weighted by Gasteiger charge is -2.30. The summed E-state index contributed by atoms with van der Waals surface area (Å²) in [7, 11) is 0. The third kappa shape index (κ3) is 2.59. The Morgan fingerprint density at radius 1 is 0.833 bits per heavy atom. The molecular formula is C17H23Cl. The quantitative estimate of drug-likeness (QED) is 0.603. The molecule has 1 heteroatoms. The predicted molar refractivity (Wildman–Crippen MR) is 78.2 cm³/mol. The monoisotopic (exact) mass is 262 g/mol. The zero-order valence-electron chi connectivity index (χ0n) is 11.1. The highest BCUT2D eigenvalue weighted by Gasteiger charge is 2.26. The van der Waals surface area contributed by atoms with Crippen LogP contribution in [0.15, 0.2) is 24.3 Å². The summed E-state index contributed by atoms with van der Waals surface area (Å²) in [5, 5.41) is 0.249. The molecule has 0 bridgehead atoms. The van der Waals surface area contributed by atoms with Crippen LogP contribution in [0, 0.1) is 5.92 Å². The van der Waals surface area contributed by atoms with Crippen molar-refractivity contribution in [3.8, 4) is 0 Å². The van der Waals surface area contributed by atoms with Crippen LogP contribution in [-0.4, -0.2) is 0 Å². The lowest BCUT2D eigenvalue weighted by Crippen LogP contribution is -2.16. The summed E-state index contributed by atoms with van der Waals surface area (Å²) in [5.41, 5.74) is 2.87. The van der Waals surface area contributed by atoms with Gasteiger partial charge in [-0.25, -0.2) is 0 Å². The molecule has 1 unspecified atom stereocenters. The van der Waals surface area contributed by atoms with Crippen molar-refractivity contribution in [2.24, 2.45) is 5.92 Å². The minimum Gasteiger partial charge on any atom is -0.118 e. The second kappa shape index (κ2) is 5.65. The van der Waals surface area contributed by atoms with E-state index in [0.29, 0.717) is 0 Å². The van der Waals surface area contributed by atoms with Gasteiger partial charge in [0.05, 0.1) is 5.38 Å². The van der Waals surface area contributed by atoms with Gasteiger partial charge < -0.3 is 0 Å². The molecule has 3 rings (SSSR count). The maximum Gasteiger partial charge on any atom is 0.0613 e. The van der Waals surface area contributed by atoms with Gasteiger partial charge in [-0.2, -0.15) is 0 Å². The molecule has 2 aliphatic rings. The second-order valence-corrected chi connectivity index (χ2v) is 6.56. The molecule has 1 atom stereocenters. The molecule has 0 amide bonds. The maximum absolute atomic E-state index is 6.55. The standard InChI is InChI=1S/C17H23Cl/c18-17(15-7-4-8-15)16-11-9-14(10-12-16)13-5-2-1-3-6-13/h9-13,15,17H,1-8H2. The Hall–Kier alpha value is -0.490. The molecule has 0 aliphatic heterocycles. The zero-order chi connectivity index (χ0) is 12.4. The van der Waals surface area contributed by atoms with Crippen molar-refractivity contribution in [2.45, 2.75) is 62.7 Å². The molecule has 0 spiro atoms. The van der Waals surface area contributed by atoms with E-state index in [1.165, 1.54) is 62.5 Å². The Morgan fingerprint density at radius 3 is 2.06 bits per heavy atom. The average molecular weight is 263 g/mol. The molecule has 2 aliphatic carbocycles. The predicted octanol–water partition coefficient (Wildman–Crippen LogP) is 5.81. The third-order valence-corrected chi connectivity index (χ3v) is 5.50. The van der Waals surface area contributed by atoms with Gasteiger partial charge in [-0.05, 0) is 48.6 Å². The normalized spacial score (nSPS) is 23.6. The number of hydrogen-bond acceptors (Lipinski definition) is 0. The summed E-state index contributed by atoms with van der Waals surface area (Å²) in [5.74, 6) is 1.54. The van der Waals surface area contributed by atoms with Crippen LogP contribution in [0.2, 0.25) is 0 Å². The van der Waals surface area contributed by atoms with E-state index in [2.05, 4.69) is 24.3 Å². The Morgan fingerprint density at radius 2 is 1.50 bits per heavy atom. The molecule has 2 saturated carbocycles. The Kier molecular flexibility index (Phi) is 3.94. The van der Waals surface area contributed by atoms with Gasteiger partial charge in [-0.3, -0.25) is 0 Å². The highest BCUT2D eigenvalue weighted by atomic mass is 35.5. The molecule has 0 radical (unpaired) electrons. The van der Waals surface area contributed by atoms with E-state index in [1.54, 1.807) is 0 Å². The van der Waals surface area contributed by atoms with Crippen LogP contribution < -0.4 is 0 Å². The topological polar surface area (TPSA) is 0 Å². The van der Waals surface area contributed by atoms with Crippen molar-refractivity contribution >= 4 is 11.6 Å². The Balaban J connectivity index is 1.67. The van der Waals surface area contributed by atoms with Crippen molar-refractivity contribution in [2.75, 3.05) is 0 Å². The fourth-order valence-electron chi connectivity index (χ4n) is 3.39. The van der Waals surface area contributed by atoms with E-state index >= 15 is 0 Å². The van der Waals surface area contributed by atoms with Gasteiger partial charge in [0.2, 0.25) is 0 Å². The minimum absolute atomic E-state index is 0.249.